The number of rotatable bonds is 5. The van der Waals surface area contributed by atoms with Crippen LogP contribution in [0.5, 0.6) is 0 Å². The van der Waals surface area contributed by atoms with Crippen LogP contribution in [-0.4, -0.2) is 25.5 Å². The van der Waals surface area contributed by atoms with Crippen molar-refractivity contribution in [1.82, 2.24) is 5.32 Å². The maximum absolute atomic E-state index is 11.9. The average molecular weight is 253 g/mol. The Morgan fingerprint density at radius 1 is 1.22 bits per heavy atom. The Balaban J connectivity index is 2.48. The molecule has 1 aromatic heterocycles. The van der Waals surface area contributed by atoms with E-state index in [0.29, 0.717) is 30.7 Å². The molecule has 0 bridgehead atoms. The van der Waals surface area contributed by atoms with Crippen molar-refractivity contribution in [3.8, 4) is 0 Å². The summed E-state index contributed by atoms with van der Waals surface area (Å²) in [6.45, 7) is 5.89. The molecule has 0 saturated heterocycles. The maximum atomic E-state index is 11.9. The molecule has 1 amide bonds. The van der Waals surface area contributed by atoms with Crippen LogP contribution in [0.4, 0.5) is 0 Å². The van der Waals surface area contributed by atoms with Gasteiger partial charge >= 0.3 is 5.97 Å². The molecule has 0 atom stereocenters. The van der Waals surface area contributed by atoms with Gasteiger partial charge in [-0.3, -0.25) is 9.59 Å². The number of hydrogen-bond acceptors (Lipinski definition) is 4. The van der Waals surface area contributed by atoms with Gasteiger partial charge in [0.1, 0.15) is 11.5 Å². The van der Waals surface area contributed by atoms with Gasteiger partial charge in [0.05, 0.1) is 12.7 Å². The molecule has 1 rings (SSSR count). The van der Waals surface area contributed by atoms with Gasteiger partial charge in [-0.25, -0.2) is 0 Å². The van der Waals surface area contributed by atoms with Gasteiger partial charge in [-0.05, 0) is 27.2 Å². The number of aryl methyl sites for hydroxylation is 2. The lowest BCUT2D eigenvalue weighted by Gasteiger charge is -2.04. The van der Waals surface area contributed by atoms with Gasteiger partial charge in [-0.2, -0.15) is 0 Å². The Morgan fingerprint density at radius 2 is 1.89 bits per heavy atom. The first-order valence-electron chi connectivity index (χ1n) is 5.89. The van der Waals surface area contributed by atoms with E-state index in [1.807, 2.05) is 13.8 Å². The Hall–Kier alpha value is -1.78. The molecular formula is C13H19NO4. The number of hydrogen-bond donors (Lipinski definition) is 1. The molecule has 0 unspecified atom stereocenters. The van der Waals surface area contributed by atoms with Crippen LogP contribution in [0.15, 0.2) is 4.42 Å². The molecule has 0 aromatic carbocycles. The molecule has 0 fully saturated rings. The van der Waals surface area contributed by atoms with Gasteiger partial charge in [0.25, 0.3) is 5.91 Å². The molecule has 1 heterocycles. The van der Waals surface area contributed by atoms with E-state index >= 15 is 0 Å². The summed E-state index contributed by atoms with van der Waals surface area (Å²) in [4.78, 5) is 22.8. The summed E-state index contributed by atoms with van der Waals surface area (Å²) in [5.74, 6) is 0.949. The normalized spacial score (nSPS) is 10.2. The third-order valence-corrected chi connectivity index (χ3v) is 2.86. The van der Waals surface area contributed by atoms with E-state index in [-0.39, 0.29) is 11.9 Å². The lowest BCUT2D eigenvalue weighted by Crippen LogP contribution is -2.25. The van der Waals surface area contributed by atoms with Crippen molar-refractivity contribution in [2.24, 2.45) is 0 Å². The summed E-state index contributed by atoms with van der Waals surface area (Å²) in [5.41, 5.74) is 1.45. The topological polar surface area (TPSA) is 68.5 Å². The minimum Gasteiger partial charge on any atom is -0.469 e. The summed E-state index contributed by atoms with van der Waals surface area (Å²) in [6.07, 6.45) is 0.868. The number of nitrogens with one attached hydrogen (secondary N) is 1. The number of amides is 1. The van der Waals surface area contributed by atoms with E-state index in [1.165, 1.54) is 7.11 Å². The Morgan fingerprint density at radius 3 is 2.39 bits per heavy atom. The van der Waals surface area contributed by atoms with Crippen molar-refractivity contribution in [3.63, 3.8) is 0 Å². The first-order chi connectivity index (χ1) is 8.47. The lowest BCUT2D eigenvalue weighted by molar-refractivity contribution is -0.140. The van der Waals surface area contributed by atoms with Crippen LogP contribution in [0.1, 0.15) is 40.3 Å². The van der Waals surface area contributed by atoms with Gasteiger partial charge in [-0.1, -0.05) is 0 Å². The number of esters is 1. The molecule has 18 heavy (non-hydrogen) atoms. The first kappa shape index (κ1) is 14.3. The number of carbonyl (C=O) groups excluding carboxylic acids is 2. The Kier molecular flexibility index (Phi) is 4.95. The van der Waals surface area contributed by atoms with Crippen molar-refractivity contribution in [2.75, 3.05) is 13.7 Å². The fraction of sp³-hybridized carbons (Fsp3) is 0.538. The van der Waals surface area contributed by atoms with Crippen LogP contribution in [0.25, 0.3) is 0 Å². The highest BCUT2D eigenvalue weighted by Crippen LogP contribution is 2.20. The van der Waals surface area contributed by atoms with Crippen molar-refractivity contribution in [2.45, 2.75) is 33.6 Å². The predicted molar refractivity (Wildman–Crippen MR) is 66.5 cm³/mol. The SMILES string of the molecule is COC(=O)CCCNC(=O)c1c(C)oc(C)c1C. The van der Waals surface area contributed by atoms with Crippen molar-refractivity contribution in [1.29, 1.82) is 0 Å². The molecule has 0 saturated carbocycles. The van der Waals surface area contributed by atoms with E-state index in [0.717, 1.165) is 11.3 Å². The summed E-state index contributed by atoms with van der Waals surface area (Å²) >= 11 is 0. The molecule has 0 spiro atoms. The van der Waals surface area contributed by atoms with Gasteiger partial charge in [0.2, 0.25) is 0 Å². The maximum Gasteiger partial charge on any atom is 0.305 e. The third kappa shape index (κ3) is 3.35. The smallest absolute Gasteiger partial charge is 0.305 e. The van der Waals surface area contributed by atoms with Crippen LogP contribution in [-0.2, 0) is 9.53 Å². The van der Waals surface area contributed by atoms with Crippen LogP contribution in [0.3, 0.4) is 0 Å². The molecule has 0 radical (unpaired) electrons. The fourth-order valence-corrected chi connectivity index (χ4v) is 1.75. The largest absolute Gasteiger partial charge is 0.469 e. The Bertz CT molecular complexity index is 448. The second-order valence-corrected chi connectivity index (χ2v) is 4.15. The van der Waals surface area contributed by atoms with E-state index in [4.69, 9.17) is 4.42 Å². The highest BCUT2D eigenvalue weighted by atomic mass is 16.5. The predicted octanol–water partition coefficient (Wildman–Crippen LogP) is 1.89. The van der Waals surface area contributed by atoms with E-state index < -0.39 is 0 Å². The third-order valence-electron chi connectivity index (χ3n) is 2.86. The minimum absolute atomic E-state index is 0.160. The molecular weight excluding hydrogens is 234 g/mol. The summed E-state index contributed by atoms with van der Waals surface area (Å²) < 4.78 is 9.91. The molecule has 1 N–H and O–H groups in total. The molecule has 0 aliphatic rings. The van der Waals surface area contributed by atoms with Crippen molar-refractivity contribution in [3.05, 3.63) is 22.6 Å². The summed E-state index contributed by atoms with van der Waals surface area (Å²) in [5, 5.41) is 2.77. The average Bonchev–Trinajstić information content (AvgIpc) is 2.58. The molecule has 5 nitrogen and oxygen atoms in total. The molecule has 1 aromatic rings. The van der Waals surface area contributed by atoms with E-state index in [2.05, 4.69) is 10.1 Å². The lowest BCUT2D eigenvalue weighted by atomic mass is 10.1. The number of ether oxygens (including phenoxy) is 1. The molecule has 100 valence electrons. The van der Waals surface area contributed by atoms with Gasteiger partial charge in [0.15, 0.2) is 0 Å². The number of carbonyl (C=O) groups is 2. The standard InChI is InChI=1S/C13H19NO4/c1-8-9(2)18-10(3)12(8)13(16)14-7-5-6-11(15)17-4/h5-7H2,1-4H3,(H,14,16). The van der Waals surface area contributed by atoms with Crippen molar-refractivity contribution >= 4 is 11.9 Å². The zero-order valence-electron chi connectivity index (χ0n) is 11.3. The van der Waals surface area contributed by atoms with Crippen LogP contribution in [0.2, 0.25) is 0 Å². The summed E-state index contributed by atoms with van der Waals surface area (Å²) in [6, 6.07) is 0. The minimum atomic E-state index is -0.268. The highest BCUT2D eigenvalue weighted by Gasteiger charge is 2.17. The monoisotopic (exact) mass is 253 g/mol. The highest BCUT2D eigenvalue weighted by molar-refractivity contribution is 5.96. The zero-order chi connectivity index (χ0) is 13.7. The van der Waals surface area contributed by atoms with Crippen molar-refractivity contribution < 1.29 is 18.7 Å². The second-order valence-electron chi connectivity index (χ2n) is 4.15. The first-order valence-corrected chi connectivity index (χ1v) is 5.89. The fourth-order valence-electron chi connectivity index (χ4n) is 1.75. The van der Waals surface area contributed by atoms with Crippen LogP contribution < -0.4 is 5.32 Å². The van der Waals surface area contributed by atoms with Crippen LogP contribution in [0, 0.1) is 20.8 Å². The quantitative estimate of drug-likeness (QED) is 0.642. The molecule has 0 aliphatic carbocycles. The van der Waals surface area contributed by atoms with Gasteiger partial charge in [0, 0.05) is 18.5 Å². The molecule has 0 aliphatic heterocycles. The van der Waals surface area contributed by atoms with E-state index in [9.17, 15) is 9.59 Å². The van der Waals surface area contributed by atoms with E-state index in [1.54, 1.807) is 6.92 Å². The number of furan rings is 1. The second kappa shape index (κ2) is 6.23. The molecule has 5 heteroatoms. The zero-order valence-corrected chi connectivity index (χ0v) is 11.3. The van der Waals surface area contributed by atoms with Gasteiger partial charge in [-0.15, -0.1) is 0 Å². The van der Waals surface area contributed by atoms with Gasteiger partial charge < -0.3 is 14.5 Å². The summed E-state index contributed by atoms with van der Waals surface area (Å²) in [7, 11) is 1.35. The number of methoxy groups -OCH3 is 1. The Labute approximate surface area is 106 Å². The van der Waals surface area contributed by atoms with Crippen LogP contribution >= 0.6 is 0 Å².